The maximum absolute atomic E-state index is 13.0. The van der Waals surface area contributed by atoms with Crippen molar-refractivity contribution in [1.82, 2.24) is 30.1 Å². The first kappa shape index (κ1) is 25.6. The van der Waals surface area contributed by atoms with Crippen LogP contribution in [-0.2, 0) is 11.3 Å². The molecule has 10 heteroatoms. The van der Waals surface area contributed by atoms with Gasteiger partial charge in [0.25, 0.3) is 0 Å². The van der Waals surface area contributed by atoms with Crippen molar-refractivity contribution < 1.29 is 14.3 Å². The molecule has 2 aromatic heterocycles. The zero-order valence-electron chi connectivity index (χ0n) is 21.8. The molecule has 5 rings (SSSR count). The molecule has 3 aromatic rings. The lowest BCUT2D eigenvalue weighted by Crippen LogP contribution is -2.43. The van der Waals surface area contributed by atoms with Gasteiger partial charge in [-0.3, -0.25) is 0 Å². The van der Waals surface area contributed by atoms with Crippen LogP contribution >= 0.6 is 11.3 Å². The molecule has 198 valence electrons. The normalized spacial score (nSPS) is 22.8. The van der Waals surface area contributed by atoms with Crippen molar-refractivity contribution in [1.29, 1.82) is 0 Å². The van der Waals surface area contributed by atoms with E-state index in [2.05, 4.69) is 41.7 Å². The van der Waals surface area contributed by atoms with E-state index in [0.29, 0.717) is 30.3 Å². The summed E-state index contributed by atoms with van der Waals surface area (Å²) in [7, 11) is 0. The SMILES string of the molecule is CC(C)C1CC[C@@H](C)C[C@H]1OC(=O)N1CCC(c2nc(COc3ccc(-n4cnnn4)cc3)cs2)CC1. The molecule has 1 aromatic carbocycles. The van der Waals surface area contributed by atoms with Crippen LogP contribution in [0.25, 0.3) is 5.69 Å². The van der Waals surface area contributed by atoms with Gasteiger partial charge in [-0.25, -0.2) is 14.5 Å². The second-order valence-electron chi connectivity index (χ2n) is 10.7. The molecule has 37 heavy (non-hydrogen) atoms. The van der Waals surface area contributed by atoms with E-state index in [-0.39, 0.29) is 12.2 Å². The highest BCUT2D eigenvalue weighted by Gasteiger charge is 2.35. The van der Waals surface area contributed by atoms with E-state index >= 15 is 0 Å². The van der Waals surface area contributed by atoms with Crippen LogP contribution in [0, 0.1) is 17.8 Å². The summed E-state index contributed by atoms with van der Waals surface area (Å²) < 4.78 is 13.6. The summed E-state index contributed by atoms with van der Waals surface area (Å²) in [5, 5.41) is 14.4. The Morgan fingerprint density at radius 2 is 1.92 bits per heavy atom. The molecule has 2 aliphatic rings. The van der Waals surface area contributed by atoms with Crippen LogP contribution < -0.4 is 4.74 Å². The largest absolute Gasteiger partial charge is 0.487 e. The number of tetrazole rings is 1. The fourth-order valence-electron chi connectivity index (χ4n) is 5.47. The molecule has 0 spiro atoms. The number of amides is 1. The summed E-state index contributed by atoms with van der Waals surface area (Å²) in [6.45, 7) is 8.62. The second-order valence-corrected chi connectivity index (χ2v) is 11.6. The van der Waals surface area contributed by atoms with Crippen molar-refractivity contribution in [2.45, 2.75) is 71.5 Å². The summed E-state index contributed by atoms with van der Waals surface area (Å²) in [5.41, 5.74) is 1.80. The number of nitrogens with zero attached hydrogens (tertiary/aromatic N) is 6. The molecule has 1 aliphatic heterocycles. The Kier molecular flexibility index (Phi) is 8.02. The monoisotopic (exact) mass is 524 g/mol. The van der Waals surface area contributed by atoms with Crippen LogP contribution in [-0.4, -0.2) is 55.4 Å². The van der Waals surface area contributed by atoms with Gasteiger partial charge in [0, 0.05) is 24.4 Å². The third-order valence-electron chi connectivity index (χ3n) is 7.72. The predicted molar refractivity (Wildman–Crippen MR) is 141 cm³/mol. The number of thiazole rings is 1. The molecule has 2 fully saturated rings. The van der Waals surface area contributed by atoms with E-state index in [0.717, 1.165) is 60.9 Å². The van der Waals surface area contributed by atoms with Crippen molar-refractivity contribution >= 4 is 17.4 Å². The Morgan fingerprint density at radius 1 is 1.14 bits per heavy atom. The smallest absolute Gasteiger partial charge is 0.410 e. The Balaban J connectivity index is 1.09. The third-order valence-corrected chi connectivity index (χ3v) is 8.78. The van der Waals surface area contributed by atoms with Gasteiger partial charge < -0.3 is 14.4 Å². The first-order chi connectivity index (χ1) is 18.0. The van der Waals surface area contributed by atoms with Gasteiger partial charge in [0.05, 0.1) is 16.4 Å². The van der Waals surface area contributed by atoms with E-state index in [9.17, 15) is 4.79 Å². The molecular formula is C27H36N6O3S. The van der Waals surface area contributed by atoms with Gasteiger partial charge in [0.1, 0.15) is 24.8 Å². The highest BCUT2D eigenvalue weighted by Crippen LogP contribution is 2.36. The minimum absolute atomic E-state index is 0.0475. The van der Waals surface area contributed by atoms with Crippen LogP contribution in [0.4, 0.5) is 4.79 Å². The fraction of sp³-hybridized carbons (Fsp3) is 0.593. The molecule has 0 radical (unpaired) electrons. The average molecular weight is 525 g/mol. The van der Waals surface area contributed by atoms with Crippen molar-refractivity contribution in [3.05, 3.63) is 46.7 Å². The lowest BCUT2D eigenvalue weighted by Gasteiger charge is -2.38. The van der Waals surface area contributed by atoms with Gasteiger partial charge in [0.2, 0.25) is 0 Å². The number of benzene rings is 1. The highest BCUT2D eigenvalue weighted by atomic mass is 32.1. The number of likely N-dealkylation sites (tertiary alicyclic amines) is 1. The van der Waals surface area contributed by atoms with Crippen LogP contribution in [0.2, 0.25) is 0 Å². The molecule has 1 unspecified atom stereocenters. The Morgan fingerprint density at radius 3 is 2.62 bits per heavy atom. The Hall–Kier alpha value is -3.01. The van der Waals surface area contributed by atoms with Gasteiger partial charge in [-0.1, -0.05) is 27.2 Å². The van der Waals surface area contributed by atoms with Gasteiger partial charge in [-0.2, -0.15) is 0 Å². The summed E-state index contributed by atoms with van der Waals surface area (Å²) >= 11 is 1.68. The summed E-state index contributed by atoms with van der Waals surface area (Å²) in [6, 6.07) is 7.62. The van der Waals surface area contributed by atoms with Crippen LogP contribution in [0.15, 0.2) is 36.0 Å². The quantitative estimate of drug-likeness (QED) is 0.404. The number of hydrogen-bond donors (Lipinski definition) is 0. The highest BCUT2D eigenvalue weighted by molar-refractivity contribution is 7.09. The predicted octanol–water partition coefficient (Wildman–Crippen LogP) is 5.47. The zero-order chi connectivity index (χ0) is 25.8. The summed E-state index contributed by atoms with van der Waals surface area (Å²) in [5.74, 6) is 2.77. The number of hydrogen-bond acceptors (Lipinski definition) is 8. The summed E-state index contributed by atoms with van der Waals surface area (Å²) in [6.07, 6.45) is 6.66. The van der Waals surface area contributed by atoms with Crippen LogP contribution in [0.3, 0.4) is 0 Å². The number of carbonyl (C=O) groups is 1. The van der Waals surface area contributed by atoms with E-state index in [1.807, 2.05) is 29.2 Å². The van der Waals surface area contributed by atoms with E-state index in [1.54, 1.807) is 22.3 Å². The molecule has 3 heterocycles. The molecule has 1 saturated heterocycles. The number of piperidine rings is 1. The van der Waals surface area contributed by atoms with E-state index < -0.39 is 0 Å². The molecule has 1 aliphatic carbocycles. The number of carbonyl (C=O) groups excluding carboxylic acids is 1. The van der Waals surface area contributed by atoms with Gasteiger partial charge >= 0.3 is 6.09 Å². The van der Waals surface area contributed by atoms with Gasteiger partial charge in [0.15, 0.2) is 0 Å². The fourth-order valence-corrected chi connectivity index (χ4v) is 6.45. The first-order valence-electron chi connectivity index (χ1n) is 13.3. The van der Waals surface area contributed by atoms with Crippen molar-refractivity contribution in [3.8, 4) is 11.4 Å². The first-order valence-corrected chi connectivity index (χ1v) is 14.2. The zero-order valence-corrected chi connectivity index (χ0v) is 22.6. The van der Waals surface area contributed by atoms with Crippen molar-refractivity contribution in [3.63, 3.8) is 0 Å². The summed E-state index contributed by atoms with van der Waals surface area (Å²) in [4.78, 5) is 19.7. The minimum Gasteiger partial charge on any atom is -0.487 e. The Labute approximate surface area is 222 Å². The molecule has 1 saturated carbocycles. The van der Waals surface area contributed by atoms with E-state index in [4.69, 9.17) is 14.5 Å². The lowest BCUT2D eigenvalue weighted by molar-refractivity contribution is -0.0127. The number of ether oxygens (including phenoxy) is 2. The maximum Gasteiger partial charge on any atom is 0.410 e. The third kappa shape index (κ3) is 6.29. The molecule has 0 N–H and O–H groups in total. The lowest BCUT2D eigenvalue weighted by atomic mass is 9.75. The molecule has 9 nitrogen and oxygen atoms in total. The Bertz CT molecular complexity index is 1140. The standard InChI is InChI=1S/C27H36N6O3S/c1-18(2)24-9-4-19(3)14-25(24)36-27(34)32-12-10-20(11-13-32)26-29-21(16-37-26)15-35-23-7-5-22(6-8-23)33-17-28-30-31-33/h5-8,16-20,24-25H,4,9-15H2,1-3H3/t19-,24?,25-/m1/s1. The van der Waals surface area contributed by atoms with Crippen LogP contribution in [0.5, 0.6) is 5.75 Å². The molecule has 3 atom stereocenters. The average Bonchev–Trinajstić information content (AvgIpc) is 3.61. The molecular weight excluding hydrogens is 488 g/mol. The van der Waals surface area contributed by atoms with Crippen molar-refractivity contribution in [2.75, 3.05) is 13.1 Å². The topological polar surface area (TPSA) is 95.3 Å². The number of aromatic nitrogens is 5. The van der Waals surface area contributed by atoms with Crippen LogP contribution in [0.1, 0.15) is 69.5 Å². The minimum atomic E-state index is -0.137. The second kappa shape index (κ2) is 11.6. The van der Waals surface area contributed by atoms with Crippen molar-refractivity contribution in [2.24, 2.45) is 17.8 Å². The molecule has 0 bridgehead atoms. The molecule has 1 amide bonds. The van der Waals surface area contributed by atoms with Gasteiger partial charge in [-0.15, -0.1) is 16.4 Å². The van der Waals surface area contributed by atoms with E-state index in [1.165, 1.54) is 6.42 Å². The van der Waals surface area contributed by atoms with Gasteiger partial charge in [-0.05, 0) is 78.1 Å². The number of rotatable bonds is 7. The maximum atomic E-state index is 13.0.